The average molecular weight is 320 g/mol. The van der Waals surface area contributed by atoms with Crippen LogP contribution in [0.1, 0.15) is 41.7 Å². The van der Waals surface area contributed by atoms with Crippen molar-refractivity contribution in [3.63, 3.8) is 0 Å². The zero-order valence-electron chi connectivity index (χ0n) is 13.9. The van der Waals surface area contributed by atoms with Crippen LogP contribution in [0.4, 0.5) is 0 Å². The number of aryl methyl sites for hydroxylation is 1. The normalized spacial score (nSPS) is 24.2. The van der Waals surface area contributed by atoms with Gasteiger partial charge in [-0.1, -0.05) is 54.1 Å². The molecule has 2 bridgehead atoms. The van der Waals surface area contributed by atoms with Crippen molar-refractivity contribution in [1.29, 1.82) is 0 Å². The van der Waals surface area contributed by atoms with Crippen molar-refractivity contribution in [2.24, 2.45) is 0 Å². The summed E-state index contributed by atoms with van der Waals surface area (Å²) < 4.78 is 11.7. The fourth-order valence-corrected chi connectivity index (χ4v) is 3.68. The van der Waals surface area contributed by atoms with Crippen LogP contribution in [0.2, 0.25) is 0 Å². The second-order valence-corrected chi connectivity index (χ2v) is 6.60. The molecule has 2 aromatic rings. The Labute approximate surface area is 141 Å². The summed E-state index contributed by atoms with van der Waals surface area (Å²) in [6, 6.07) is 16.8. The lowest BCUT2D eigenvalue weighted by Crippen LogP contribution is -2.32. The number of rotatable bonds is 3. The molecule has 0 N–H and O–H groups in total. The molecule has 0 saturated carbocycles. The number of hydrogen-bond donors (Lipinski definition) is 0. The summed E-state index contributed by atoms with van der Waals surface area (Å²) in [5.74, 6) is -0.287. The van der Waals surface area contributed by atoms with Crippen molar-refractivity contribution in [3.05, 3.63) is 76.9 Å². The van der Waals surface area contributed by atoms with Gasteiger partial charge in [-0.3, -0.25) is 4.79 Å². The largest absolute Gasteiger partial charge is 0.462 e. The maximum atomic E-state index is 11.4. The first-order valence-corrected chi connectivity index (χ1v) is 8.27. The van der Waals surface area contributed by atoms with Gasteiger partial charge in [0.25, 0.3) is 0 Å². The van der Waals surface area contributed by atoms with Gasteiger partial charge in [-0.15, -0.1) is 0 Å². The van der Waals surface area contributed by atoms with Gasteiger partial charge in [0, 0.05) is 13.3 Å². The van der Waals surface area contributed by atoms with Crippen LogP contribution in [0.5, 0.6) is 0 Å². The highest BCUT2D eigenvalue weighted by Crippen LogP contribution is 2.52. The average Bonchev–Trinajstić information content (AvgIpc) is 2.82. The maximum absolute atomic E-state index is 11.4. The quantitative estimate of drug-likeness (QED) is 0.791. The molecule has 0 spiro atoms. The van der Waals surface area contributed by atoms with E-state index in [1.54, 1.807) is 0 Å². The molecule has 0 saturated heterocycles. The molecule has 3 nitrogen and oxygen atoms in total. The van der Waals surface area contributed by atoms with Crippen LogP contribution < -0.4 is 0 Å². The first-order valence-electron chi connectivity index (χ1n) is 8.27. The summed E-state index contributed by atoms with van der Waals surface area (Å²) in [6.07, 6.45) is 2.99. The van der Waals surface area contributed by atoms with Crippen LogP contribution in [-0.4, -0.2) is 12.6 Å². The van der Waals surface area contributed by atoms with Crippen molar-refractivity contribution in [2.75, 3.05) is 6.61 Å². The van der Waals surface area contributed by atoms with E-state index in [-0.39, 0.29) is 18.7 Å². The minimum absolute atomic E-state index is 0.0121. The standard InChI is InChI=1S/C21H20O3/c1-14-7-9-16(10-8-14)17-11-20-18-5-3-4-6-19(18)21(12-17,24-20)13-23-15(2)22/h3-10,12,20H,11,13H2,1-2H3/t20-,21-/m0/s1. The molecule has 2 aliphatic heterocycles. The van der Waals surface area contributed by atoms with E-state index in [2.05, 4.69) is 49.4 Å². The van der Waals surface area contributed by atoms with Crippen molar-refractivity contribution < 1.29 is 14.3 Å². The van der Waals surface area contributed by atoms with Gasteiger partial charge in [-0.05, 0) is 35.3 Å². The summed E-state index contributed by atoms with van der Waals surface area (Å²) in [6.45, 7) is 3.73. The third kappa shape index (κ3) is 2.45. The summed E-state index contributed by atoms with van der Waals surface area (Å²) in [7, 11) is 0. The van der Waals surface area contributed by atoms with E-state index in [4.69, 9.17) is 9.47 Å². The second-order valence-electron chi connectivity index (χ2n) is 6.60. The summed E-state index contributed by atoms with van der Waals surface area (Å²) in [4.78, 5) is 11.4. The Kier molecular flexibility index (Phi) is 3.54. The first-order chi connectivity index (χ1) is 11.6. The summed E-state index contributed by atoms with van der Waals surface area (Å²) >= 11 is 0. The Bertz CT molecular complexity index is 819. The Morgan fingerprint density at radius 2 is 1.96 bits per heavy atom. The SMILES string of the molecule is CC(=O)OC[C@]12C=C(c3ccc(C)cc3)C[C@H](O1)c1ccccc12. The van der Waals surface area contributed by atoms with E-state index < -0.39 is 5.60 Å². The van der Waals surface area contributed by atoms with E-state index in [9.17, 15) is 4.79 Å². The number of hydrogen-bond acceptors (Lipinski definition) is 3. The van der Waals surface area contributed by atoms with Crippen LogP contribution >= 0.6 is 0 Å². The highest BCUT2D eigenvalue weighted by molar-refractivity contribution is 5.71. The maximum Gasteiger partial charge on any atom is 0.302 e. The zero-order chi connectivity index (χ0) is 16.7. The molecule has 24 heavy (non-hydrogen) atoms. The van der Waals surface area contributed by atoms with E-state index >= 15 is 0 Å². The monoisotopic (exact) mass is 320 g/mol. The van der Waals surface area contributed by atoms with Gasteiger partial charge >= 0.3 is 5.97 Å². The third-order valence-corrected chi connectivity index (χ3v) is 4.84. The van der Waals surface area contributed by atoms with Gasteiger partial charge in [0.2, 0.25) is 0 Å². The van der Waals surface area contributed by atoms with Crippen molar-refractivity contribution in [3.8, 4) is 0 Å². The molecule has 0 fully saturated rings. The number of carbonyl (C=O) groups excluding carboxylic acids is 1. The molecule has 0 amide bonds. The molecule has 0 aromatic heterocycles. The predicted octanol–water partition coefficient (Wildman–Crippen LogP) is 4.31. The Hall–Kier alpha value is -2.39. The fraction of sp³-hybridized carbons (Fsp3) is 0.286. The van der Waals surface area contributed by atoms with Gasteiger partial charge < -0.3 is 9.47 Å². The molecule has 0 radical (unpaired) electrons. The smallest absolute Gasteiger partial charge is 0.302 e. The number of carbonyl (C=O) groups is 1. The number of ether oxygens (including phenoxy) is 2. The Balaban J connectivity index is 1.79. The van der Waals surface area contributed by atoms with E-state index in [1.165, 1.54) is 29.2 Å². The lowest BCUT2D eigenvalue weighted by atomic mass is 9.90. The minimum Gasteiger partial charge on any atom is -0.462 e. The second kappa shape index (κ2) is 5.60. The van der Waals surface area contributed by atoms with Crippen LogP contribution in [0, 0.1) is 6.92 Å². The molecule has 2 atom stereocenters. The Morgan fingerprint density at radius 3 is 2.71 bits per heavy atom. The third-order valence-electron chi connectivity index (χ3n) is 4.84. The van der Waals surface area contributed by atoms with E-state index in [0.29, 0.717) is 0 Å². The minimum atomic E-state index is -0.675. The lowest BCUT2D eigenvalue weighted by Gasteiger charge is -2.32. The van der Waals surface area contributed by atoms with Crippen molar-refractivity contribution in [2.45, 2.75) is 32.0 Å². The van der Waals surface area contributed by atoms with Gasteiger partial charge in [-0.25, -0.2) is 0 Å². The summed E-state index contributed by atoms with van der Waals surface area (Å²) in [5.41, 5.74) is 5.32. The highest BCUT2D eigenvalue weighted by Gasteiger charge is 2.47. The molecular formula is C21H20O3. The molecule has 3 heteroatoms. The number of benzene rings is 2. The molecule has 4 rings (SSSR count). The molecule has 2 heterocycles. The first kappa shape index (κ1) is 15.2. The van der Waals surface area contributed by atoms with Crippen LogP contribution in [0.25, 0.3) is 5.57 Å². The molecular weight excluding hydrogens is 300 g/mol. The molecule has 122 valence electrons. The molecule has 0 unspecified atom stereocenters. The number of esters is 1. The van der Waals surface area contributed by atoms with Crippen LogP contribution in [-0.2, 0) is 19.9 Å². The molecule has 2 aliphatic rings. The fourth-order valence-electron chi connectivity index (χ4n) is 3.68. The topological polar surface area (TPSA) is 35.5 Å². The van der Waals surface area contributed by atoms with E-state index in [1.807, 2.05) is 12.1 Å². The highest BCUT2D eigenvalue weighted by atomic mass is 16.6. The lowest BCUT2D eigenvalue weighted by molar-refractivity contribution is -0.152. The zero-order valence-corrected chi connectivity index (χ0v) is 13.9. The van der Waals surface area contributed by atoms with Gasteiger partial charge in [0.05, 0.1) is 6.10 Å². The van der Waals surface area contributed by atoms with E-state index in [0.717, 1.165) is 12.0 Å². The van der Waals surface area contributed by atoms with Gasteiger partial charge in [0.15, 0.2) is 0 Å². The van der Waals surface area contributed by atoms with Crippen LogP contribution in [0.3, 0.4) is 0 Å². The van der Waals surface area contributed by atoms with Gasteiger partial charge in [-0.2, -0.15) is 0 Å². The predicted molar refractivity (Wildman–Crippen MR) is 92.4 cm³/mol. The summed E-state index contributed by atoms with van der Waals surface area (Å²) in [5, 5.41) is 0. The van der Waals surface area contributed by atoms with Crippen molar-refractivity contribution >= 4 is 11.5 Å². The van der Waals surface area contributed by atoms with Crippen molar-refractivity contribution in [1.82, 2.24) is 0 Å². The number of fused-ring (bicyclic) bond motifs is 5. The van der Waals surface area contributed by atoms with Gasteiger partial charge in [0.1, 0.15) is 12.2 Å². The molecule has 2 aromatic carbocycles. The molecule has 0 aliphatic carbocycles. The Morgan fingerprint density at radius 1 is 1.21 bits per heavy atom. The van der Waals surface area contributed by atoms with Crippen LogP contribution in [0.15, 0.2) is 54.6 Å².